The van der Waals surface area contributed by atoms with Crippen molar-refractivity contribution in [3.63, 3.8) is 0 Å². The second kappa shape index (κ2) is 9.41. The van der Waals surface area contributed by atoms with E-state index < -0.39 is 0 Å². The normalized spacial score (nSPS) is 10.8. The Hall–Kier alpha value is -1.62. The largest absolute Gasteiger partial charge is 0.494 e. The second-order valence-electron chi connectivity index (χ2n) is 3.84. The van der Waals surface area contributed by atoms with E-state index in [1.165, 1.54) is 7.11 Å². The summed E-state index contributed by atoms with van der Waals surface area (Å²) in [6.45, 7) is 0.975. The summed E-state index contributed by atoms with van der Waals surface area (Å²) in [6, 6.07) is 7.36. The van der Waals surface area contributed by atoms with Crippen LogP contribution in [-0.2, 0) is 4.84 Å². The van der Waals surface area contributed by atoms with Gasteiger partial charge in [-0.2, -0.15) is 0 Å². The average molecular weight is 252 g/mol. The molecule has 18 heavy (non-hydrogen) atoms. The van der Waals surface area contributed by atoms with Crippen molar-refractivity contribution in [2.24, 2.45) is 10.4 Å². The minimum atomic E-state index is 0.276. The molecule has 1 N–H and O–H groups in total. The highest BCUT2D eigenvalue weighted by molar-refractivity contribution is 5.40. The van der Waals surface area contributed by atoms with Gasteiger partial charge in [-0.15, -0.1) is 5.11 Å². The van der Waals surface area contributed by atoms with Gasteiger partial charge in [-0.1, -0.05) is 6.42 Å². The lowest BCUT2D eigenvalue weighted by molar-refractivity contribution is 0.190. The van der Waals surface area contributed by atoms with Crippen LogP contribution >= 0.6 is 0 Å². The zero-order valence-electron chi connectivity index (χ0n) is 10.7. The van der Waals surface area contributed by atoms with E-state index in [1.807, 2.05) is 24.3 Å². The van der Waals surface area contributed by atoms with Gasteiger partial charge in [0.25, 0.3) is 0 Å². The van der Waals surface area contributed by atoms with E-state index in [0.29, 0.717) is 6.61 Å². The number of hydrogen-bond donors (Lipinski definition) is 1. The number of nitrogens with zero attached hydrogens (tertiary/aromatic N) is 2. The highest BCUT2D eigenvalue weighted by Crippen LogP contribution is 2.18. The van der Waals surface area contributed by atoms with Crippen molar-refractivity contribution in [3.8, 4) is 5.75 Å². The topological polar surface area (TPSA) is 63.4 Å². The van der Waals surface area contributed by atoms with Gasteiger partial charge < -0.3 is 14.7 Å². The zero-order chi connectivity index (χ0) is 13.1. The maximum Gasteiger partial charge on any atom is 0.119 e. The van der Waals surface area contributed by atoms with Crippen molar-refractivity contribution in [1.29, 1.82) is 0 Å². The Morgan fingerprint density at radius 2 is 1.78 bits per heavy atom. The van der Waals surface area contributed by atoms with E-state index in [9.17, 15) is 0 Å². The molecule has 0 aliphatic heterocycles. The summed E-state index contributed by atoms with van der Waals surface area (Å²) in [5, 5.41) is 15.9. The first-order valence-corrected chi connectivity index (χ1v) is 6.14. The first-order valence-electron chi connectivity index (χ1n) is 6.14. The zero-order valence-corrected chi connectivity index (χ0v) is 10.7. The van der Waals surface area contributed by atoms with Crippen molar-refractivity contribution < 1.29 is 14.7 Å². The van der Waals surface area contributed by atoms with Crippen LogP contribution in [0, 0.1) is 0 Å². The summed E-state index contributed by atoms with van der Waals surface area (Å²) in [5.41, 5.74) is 0.729. The number of aliphatic hydroxyl groups is 1. The molecule has 0 saturated carbocycles. The van der Waals surface area contributed by atoms with Crippen molar-refractivity contribution >= 4 is 5.69 Å². The minimum Gasteiger partial charge on any atom is -0.494 e. The summed E-state index contributed by atoms with van der Waals surface area (Å²) in [6.07, 6.45) is 4.02. The SMILES string of the molecule is CON=Nc1ccc(OCCCCCCO)cc1. The van der Waals surface area contributed by atoms with Crippen molar-refractivity contribution in [2.75, 3.05) is 20.3 Å². The summed E-state index contributed by atoms with van der Waals surface area (Å²) in [7, 11) is 1.46. The summed E-state index contributed by atoms with van der Waals surface area (Å²) in [5.74, 6) is 0.827. The van der Waals surface area contributed by atoms with Crippen LogP contribution in [0.1, 0.15) is 25.7 Å². The Morgan fingerprint density at radius 3 is 2.44 bits per heavy atom. The Bertz CT molecular complexity index is 339. The third-order valence-corrected chi connectivity index (χ3v) is 2.40. The molecule has 0 atom stereocenters. The van der Waals surface area contributed by atoms with Gasteiger partial charge in [0.15, 0.2) is 0 Å². The molecule has 0 amide bonds. The lowest BCUT2D eigenvalue weighted by atomic mass is 10.2. The molecule has 1 aromatic carbocycles. The van der Waals surface area contributed by atoms with Gasteiger partial charge in [0.1, 0.15) is 12.9 Å². The van der Waals surface area contributed by atoms with E-state index in [-0.39, 0.29) is 6.61 Å². The van der Waals surface area contributed by atoms with Crippen molar-refractivity contribution in [1.82, 2.24) is 0 Å². The monoisotopic (exact) mass is 252 g/mol. The first kappa shape index (κ1) is 14.4. The van der Waals surface area contributed by atoms with Gasteiger partial charge in [-0.25, -0.2) is 0 Å². The summed E-state index contributed by atoms with van der Waals surface area (Å²) in [4.78, 5) is 4.50. The van der Waals surface area contributed by atoms with E-state index in [4.69, 9.17) is 9.84 Å². The van der Waals surface area contributed by atoms with Gasteiger partial charge in [-0.3, -0.25) is 0 Å². The first-order chi connectivity index (χ1) is 8.86. The smallest absolute Gasteiger partial charge is 0.119 e. The van der Waals surface area contributed by atoms with E-state index >= 15 is 0 Å². The Balaban J connectivity index is 2.20. The van der Waals surface area contributed by atoms with Crippen LogP contribution in [0.15, 0.2) is 34.7 Å². The summed E-state index contributed by atoms with van der Waals surface area (Å²) < 4.78 is 5.58. The third-order valence-electron chi connectivity index (χ3n) is 2.40. The van der Waals surface area contributed by atoms with Gasteiger partial charge in [-0.05, 0) is 43.5 Å². The number of benzene rings is 1. The maximum atomic E-state index is 8.63. The fourth-order valence-corrected chi connectivity index (χ4v) is 1.45. The average Bonchev–Trinajstić information content (AvgIpc) is 2.42. The molecule has 1 rings (SSSR count). The number of unbranched alkanes of at least 4 members (excludes halogenated alkanes) is 3. The van der Waals surface area contributed by atoms with Gasteiger partial charge in [0.2, 0.25) is 0 Å². The molecule has 0 saturated heterocycles. The van der Waals surface area contributed by atoms with Crippen molar-refractivity contribution in [2.45, 2.75) is 25.7 Å². The van der Waals surface area contributed by atoms with Crippen LogP contribution in [0.2, 0.25) is 0 Å². The highest BCUT2D eigenvalue weighted by Gasteiger charge is 1.95. The Morgan fingerprint density at radius 1 is 1.06 bits per heavy atom. The fourth-order valence-electron chi connectivity index (χ4n) is 1.45. The molecule has 0 radical (unpaired) electrons. The molecule has 0 aliphatic carbocycles. The van der Waals surface area contributed by atoms with E-state index in [1.54, 1.807) is 0 Å². The summed E-state index contributed by atoms with van der Waals surface area (Å²) >= 11 is 0. The van der Waals surface area contributed by atoms with Crippen molar-refractivity contribution in [3.05, 3.63) is 24.3 Å². The molecule has 0 aromatic heterocycles. The molecule has 5 nitrogen and oxygen atoms in total. The number of rotatable bonds is 9. The lowest BCUT2D eigenvalue weighted by Crippen LogP contribution is -1.97. The molecule has 100 valence electrons. The molecule has 0 bridgehead atoms. The van der Waals surface area contributed by atoms with Gasteiger partial charge >= 0.3 is 0 Å². The molecule has 0 unspecified atom stereocenters. The number of hydrogen-bond acceptors (Lipinski definition) is 5. The Kier molecular flexibility index (Phi) is 7.55. The van der Waals surface area contributed by atoms with Crippen LogP contribution in [0.25, 0.3) is 0 Å². The number of aliphatic hydroxyl groups excluding tert-OH is 1. The van der Waals surface area contributed by atoms with E-state index in [0.717, 1.165) is 37.1 Å². The predicted molar refractivity (Wildman–Crippen MR) is 69.0 cm³/mol. The van der Waals surface area contributed by atoms with Gasteiger partial charge in [0.05, 0.1) is 12.3 Å². The highest BCUT2D eigenvalue weighted by atomic mass is 16.6. The van der Waals surface area contributed by atoms with Gasteiger partial charge in [0, 0.05) is 11.9 Å². The molecule has 0 aliphatic rings. The van der Waals surface area contributed by atoms with Crippen LogP contribution in [-0.4, -0.2) is 25.4 Å². The predicted octanol–water partition coefficient (Wildman–Crippen LogP) is 3.26. The Labute approximate surface area is 107 Å². The van der Waals surface area contributed by atoms with Crippen LogP contribution in [0.5, 0.6) is 5.75 Å². The van der Waals surface area contributed by atoms with E-state index in [2.05, 4.69) is 15.2 Å². The molecule has 1 aromatic rings. The number of ether oxygens (including phenoxy) is 1. The molecule has 0 spiro atoms. The molecule has 0 fully saturated rings. The van der Waals surface area contributed by atoms with Crippen LogP contribution in [0.3, 0.4) is 0 Å². The molecule has 5 heteroatoms. The van der Waals surface area contributed by atoms with Crippen LogP contribution < -0.4 is 4.74 Å². The lowest BCUT2D eigenvalue weighted by Gasteiger charge is -2.05. The maximum absolute atomic E-state index is 8.63. The molecular formula is C13H20N2O3. The molecule has 0 heterocycles. The second-order valence-corrected chi connectivity index (χ2v) is 3.84. The van der Waals surface area contributed by atoms with Crippen LogP contribution in [0.4, 0.5) is 5.69 Å². The minimum absolute atomic E-state index is 0.276. The quantitative estimate of drug-likeness (QED) is 0.417. The third kappa shape index (κ3) is 6.20. The fraction of sp³-hybridized carbons (Fsp3) is 0.538. The molecular weight excluding hydrogens is 232 g/mol. The standard InChI is InChI=1S/C13H20N2O3/c1-17-15-14-12-6-8-13(9-7-12)18-11-5-3-2-4-10-16/h6-9,16H,2-5,10-11H2,1H3.